The van der Waals surface area contributed by atoms with Crippen molar-refractivity contribution in [1.29, 1.82) is 0 Å². The SMILES string of the molecule is C=C(Nc1cncc(-c2cnc3n[nH]c(-c4cc5c(-c6cccnc6)nccc5[nH]4)c3c2)c1)C1CCCC1. The van der Waals surface area contributed by atoms with Gasteiger partial charge in [-0.3, -0.25) is 20.1 Å². The van der Waals surface area contributed by atoms with E-state index in [9.17, 15) is 0 Å². The van der Waals surface area contributed by atoms with Crippen LogP contribution in [0.15, 0.2) is 85.9 Å². The van der Waals surface area contributed by atoms with E-state index in [-0.39, 0.29) is 0 Å². The molecule has 6 aromatic heterocycles. The van der Waals surface area contributed by atoms with Gasteiger partial charge in [0.05, 0.1) is 29.0 Å². The van der Waals surface area contributed by atoms with Gasteiger partial charge in [-0.1, -0.05) is 19.4 Å². The third-order valence-electron chi connectivity index (χ3n) is 7.39. The van der Waals surface area contributed by atoms with E-state index in [1.165, 1.54) is 25.7 Å². The number of nitrogens with zero attached hydrogens (tertiary/aromatic N) is 5. The zero-order chi connectivity index (χ0) is 25.5. The minimum absolute atomic E-state index is 0.537. The summed E-state index contributed by atoms with van der Waals surface area (Å²) in [6.45, 7) is 4.28. The van der Waals surface area contributed by atoms with Crippen LogP contribution in [0.4, 0.5) is 5.69 Å². The molecule has 0 bridgehead atoms. The van der Waals surface area contributed by atoms with Crippen molar-refractivity contribution in [2.24, 2.45) is 5.92 Å². The first-order valence-corrected chi connectivity index (χ1v) is 12.9. The van der Waals surface area contributed by atoms with Crippen molar-refractivity contribution in [2.45, 2.75) is 25.7 Å². The zero-order valence-corrected chi connectivity index (χ0v) is 20.8. The molecule has 0 amide bonds. The van der Waals surface area contributed by atoms with Crippen LogP contribution in [0.2, 0.25) is 0 Å². The Bertz CT molecular complexity index is 1780. The van der Waals surface area contributed by atoms with E-state index in [1.54, 1.807) is 6.20 Å². The van der Waals surface area contributed by atoms with Crippen molar-refractivity contribution in [3.63, 3.8) is 0 Å². The lowest BCUT2D eigenvalue weighted by Crippen LogP contribution is -2.07. The molecule has 0 aromatic carbocycles. The lowest BCUT2D eigenvalue weighted by atomic mass is 10.0. The molecule has 186 valence electrons. The van der Waals surface area contributed by atoms with Gasteiger partial charge in [0.15, 0.2) is 5.65 Å². The minimum atomic E-state index is 0.537. The first-order chi connectivity index (χ1) is 18.7. The van der Waals surface area contributed by atoms with Gasteiger partial charge in [0.2, 0.25) is 0 Å². The van der Waals surface area contributed by atoms with Crippen LogP contribution in [0.3, 0.4) is 0 Å². The van der Waals surface area contributed by atoms with Crippen LogP contribution in [0.5, 0.6) is 0 Å². The molecule has 0 aliphatic heterocycles. The van der Waals surface area contributed by atoms with Crippen LogP contribution >= 0.6 is 0 Å². The predicted octanol–water partition coefficient (Wildman–Crippen LogP) is 6.74. The molecular weight excluding hydrogens is 472 g/mol. The summed E-state index contributed by atoms with van der Waals surface area (Å²) < 4.78 is 0. The average Bonchev–Trinajstić information content (AvgIpc) is 3.73. The molecule has 3 N–H and O–H groups in total. The fraction of sp³-hybridized carbons (Fsp3) is 0.167. The summed E-state index contributed by atoms with van der Waals surface area (Å²) in [7, 11) is 0. The number of rotatable bonds is 6. The van der Waals surface area contributed by atoms with E-state index in [0.29, 0.717) is 11.6 Å². The number of pyridine rings is 4. The van der Waals surface area contributed by atoms with Crippen molar-refractivity contribution in [1.82, 2.24) is 35.1 Å². The van der Waals surface area contributed by atoms with Gasteiger partial charge in [-0.15, -0.1) is 0 Å². The number of hydrogen-bond acceptors (Lipinski definition) is 6. The van der Waals surface area contributed by atoms with Gasteiger partial charge in [0.25, 0.3) is 0 Å². The highest BCUT2D eigenvalue weighted by atomic mass is 15.2. The Morgan fingerprint density at radius 2 is 1.74 bits per heavy atom. The highest BCUT2D eigenvalue weighted by molar-refractivity contribution is 5.99. The maximum Gasteiger partial charge on any atom is 0.181 e. The van der Waals surface area contributed by atoms with Gasteiger partial charge in [0, 0.05) is 69.7 Å². The maximum absolute atomic E-state index is 4.63. The number of fused-ring (bicyclic) bond motifs is 2. The molecule has 1 aliphatic rings. The van der Waals surface area contributed by atoms with Gasteiger partial charge >= 0.3 is 0 Å². The summed E-state index contributed by atoms with van der Waals surface area (Å²) in [5.74, 6) is 0.537. The van der Waals surface area contributed by atoms with E-state index in [1.807, 2.05) is 49.2 Å². The summed E-state index contributed by atoms with van der Waals surface area (Å²) in [6.07, 6.45) is 15.9. The average molecular weight is 499 g/mol. The molecule has 8 nitrogen and oxygen atoms in total. The second kappa shape index (κ2) is 9.23. The molecule has 6 heterocycles. The molecule has 1 saturated carbocycles. The third-order valence-corrected chi connectivity index (χ3v) is 7.39. The molecule has 0 unspecified atom stereocenters. The fourth-order valence-corrected chi connectivity index (χ4v) is 5.41. The Morgan fingerprint density at radius 3 is 2.61 bits per heavy atom. The fourth-order valence-electron chi connectivity index (χ4n) is 5.41. The second-order valence-corrected chi connectivity index (χ2v) is 9.83. The largest absolute Gasteiger partial charge is 0.358 e. The number of hydrogen-bond donors (Lipinski definition) is 3. The molecule has 1 fully saturated rings. The molecule has 0 atom stereocenters. The molecule has 8 heteroatoms. The number of anilines is 1. The highest BCUT2D eigenvalue weighted by Gasteiger charge is 2.19. The lowest BCUT2D eigenvalue weighted by Gasteiger charge is -2.15. The van der Waals surface area contributed by atoms with Gasteiger partial charge in [-0.05, 0) is 55.2 Å². The highest BCUT2D eigenvalue weighted by Crippen LogP contribution is 2.34. The van der Waals surface area contributed by atoms with E-state index < -0.39 is 0 Å². The summed E-state index contributed by atoms with van der Waals surface area (Å²) in [4.78, 5) is 21.5. The summed E-state index contributed by atoms with van der Waals surface area (Å²) >= 11 is 0. The topological polar surface area (TPSA) is 108 Å². The first kappa shape index (κ1) is 22.4. The van der Waals surface area contributed by atoms with Crippen molar-refractivity contribution < 1.29 is 0 Å². The van der Waals surface area contributed by atoms with E-state index in [0.717, 1.165) is 61.4 Å². The van der Waals surface area contributed by atoms with Crippen molar-refractivity contribution in [3.8, 4) is 33.8 Å². The molecule has 0 spiro atoms. The van der Waals surface area contributed by atoms with E-state index in [2.05, 4.69) is 65.2 Å². The normalized spacial score (nSPS) is 13.9. The third kappa shape index (κ3) is 4.00. The van der Waals surface area contributed by atoms with Crippen LogP contribution in [0.25, 0.3) is 55.7 Å². The Kier molecular flexibility index (Phi) is 5.43. The summed E-state index contributed by atoms with van der Waals surface area (Å²) in [5.41, 5.74) is 9.27. The van der Waals surface area contributed by atoms with Gasteiger partial charge < -0.3 is 10.3 Å². The van der Waals surface area contributed by atoms with Gasteiger partial charge in [-0.25, -0.2) is 4.98 Å². The smallest absolute Gasteiger partial charge is 0.181 e. The standard InChI is InChI=1S/C30H26N8/c1-18(19-5-2-3-6-19)35-23-11-21(15-32-17-23)22-12-25-29(37-38-30(25)34-16-22)27-13-24-26(36-27)8-10-33-28(24)20-7-4-9-31-14-20/h4,7-17,19,35-36H,1-3,5-6H2,(H,34,37,38). The van der Waals surface area contributed by atoms with Crippen LogP contribution in [-0.4, -0.2) is 35.1 Å². The number of nitrogens with one attached hydrogen (secondary N) is 3. The molecule has 1 aliphatic carbocycles. The Hall–Kier alpha value is -4.85. The summed E-state index contributed by atoms with van der Waals surface area (Å²) in [5, 5.41) is 13.1. The Labute approximate surface area is 219 Å². The molecular formula is C30H26N8. The molecule has 0 saturated heterocycles. The molecule has 0 radical (unpaired) electrons. The van der Waals surface area contributed by atoms with Crippen molar-refractivity contribution in [2.75, 3.05) is 5.32 Å². The monoisotopic (exact) mass is 498 g/mol. The molecule has 38 heavy (non-hydrogen) atoms. The zero-order valence-electron chi connectivity index (χ0n) is 20.8. The maximum atomic E-state index is 4.63. The number of allylic oxidation sites excluding steroid dienone is 1. The van der Waals surface area contributed by atoms with Crippen molar-refractivity contribution >= 4 is 27.6 Å². The summed E-state index contributed by atoms with van der Waals surface area (Å²) in [6, 6.07) is 12.2. The predicted molar refractivity (Wildman–Crippen MR) is 150 cm³/mol. The number of aromatic nitrogens is 7. The lowest BCUT2D eigenvalue weighted by molar-refractivity contribution is 0.649. The first-order valence-electron chi connectivity index (χ1n) is 12.9. The number of aromatic amines is 2. The van der Waals surface area contributed by atoms with Crippen LogP contribution in [0, 0.1) is 5.92 Å². The van der Waals surface area contributed by atoms with Crippen molar-refractivity contribution in [3.05, 3.63) is 85.9 Å². The quantitative estimate of drug-likeness (QED) is 0.235. The van der Waals surface area contributed by atoms with Gasteiger partial charge in [0.1, 0.15) is 0 Å². The minimum Gasteiger partial charge on any atom is -0.358 e. The molecule has 7 rings (SSSR count). The van der Waals surface area contributed by atoms with E-state index >= 15 is 0 Å². The van der Waals surface area contributed by atoms with Crippen LogP contribution in [0.1, 0.15) is 25.7 Å². The molecule has 6 aromatic rings. The van der Waals surface area contributed by atoms with E-state index in [4.69, 9.17) is 0 Å². The Morgan fingerprint density at radius 1 is 0.868 bits per heavy atom. The Balaban J connectivity index is 1.25. The number of H-pyrrole nitrogens is 2. The van der Waals surface area contributed by atoms with Crippen LogP contribution in [-0.2, 0) is 0 Å². The second-order valence-electron chi connectivity index (χ2n) is 9.83. The van der Waals surface area contributed by atoms with Crippen LogP contribution < -0.4 is 5.32 Å². The van der Waals surface area contributed by atoms with Gasteiger partial charge in [-0.2, -0.15) is 5.10 Å².